The van der Waals surface area contributed by atoms with Crippen molar-refractivity contribution in [2.45, 2.75) is 24.9 Å². The summed E-state index contributed by atoms with van der Waals surface area (Å²) in [5.41, 5.74) is -0.931. The number of carbonyl (C=O) groups excluding carboxylic acids is 1. The van der Waals surface area contributed by atoms with Gasteiger partial charge in [0.25, 0.3) is 0 Å². The summed E-state index contributed by atoms with van der Waals surface area (Å²) in [4.78, 5) is 28.5. The molecule has 7 nitrogen and oxygen atoms in total. The molecule has 1 saturated heterocycles. The molecule has 1 aromatic carbocycles. The summed E-state index contributed by atoms with van der Waals surface area (Å²) in [7, 11) is 2.59. The Morgan fingerprint density at radius 1 is 1.18 bits per heavy atom. The number of carboxylic acid groups (broad SMARTS) is 1. The molecule has 1 fully saturated rings. The number of rotatable bonds is 5. The van der Waals surface area contributed by atoms with Gasteiger partial charge < -0.3 is 14.7 Å². The first-order chi connectivity index (χ1) is 15.1. The van der Waals surface area contributed by atoms with Gasteiger partial charge in [0.1, 0.15) is 11.8 Å². The smallest absolute Gasteiger partial charge is 0.416 e. The molecule has 3 rings (SSSR count). The van der Waals surface area contributed by atoms with Crippen molar-refractivity contribution in [3.8, 4) is 6.07 Å². The summed E-state index contributed by atoms with van der Waals surface area (Å²) in [5.74, 6) is -3.50. The number of aliphatic carboxylic acids is 1. The molecular formula is C22H23ClF3N3O4. The number of carboxylic acids is 1. The van der Waals surface area contributed by atoms with E-state index in [1.807, 2.05) is 11.0 Å². The number of esters is 1. The van der Waals surface area contributed by atoms with Gasteiger partial charge in [0.2, 0.25) is 0 Å². The van der Waals surface area contributed by atoms with Crippen LogP contribution in [-0.4, -0.2) is 60.6 Å². The molecule has 33 heavy (non-hydrogen) atoms. The number of nitrogens with zero attached hydrogens (tertiary/aromatic N) is 3. The van der Waals surface area contributed by atoms with Crippen molar-refractivity contribution in [1.29, 1.82) is 5.26 Å². The van der Waals surface area contributed by atoms with Gasteiger partial charge in [-0.2, -0.15) is 18.4 Å². The molecule has 0 saturated carbocycles. The summed E-state index contributed by atoms with van der Waals surface area (Å²) >= 11 is 0. The van der Waals surface area contributed by atoms with E-state index in [2.05, 4.69) is 0 Å². The number of halogens is 4. The fourth-order valence-corrected chi connectivity index (χ4v) is 4.19. The minimum absolute atomic E-state index is 0. The molecule has 2 aliphatic heterocycles. The predicted molar refractivity (Wildman–Crippen MR) is 114 cm³/mol. The molecule has 1 aromatic rings. The van der Waals surface area contributed by atoms with Gasteiger partial charge in [0.15, 0.2) is 0 Å². The van der Waals surface area contributed by atoms with Crippen LogP contribution in [0.25, 0.3) is 0 Å². The van der Waals surface area contributed by atoms with Gasteiger partial charge in [0.05, 0.1) is 29.7 Å². The van der Waals surface area contributed by atoms with Crippen molar-refractivity contribution < 1.29 is 32.6 Å². The van der Waals surface area contributed by atoms with Gasteiger partial charge >= 0.3 is 18.1 Å². The zero-order valence-corrected chi connectivity index (χ0v) is 18.8. The van der Waals surface area contributed by atoms with Crippen molar-refractivity contribution in [3.05, 3.63) is 57.9 Å². The Labute approximate surface area is 195 Å². The first kappa shape index (κ1) is 26.2. The molecule has 2 aliphatic rings. The lowest BCUT2D eigenvalue weighted by atomic mass is 9.79. The summed E-state index contributed by atoms with van der Waals surface area (Å²) in [6.07, 6.45) is -2.66. The van der Waals surface area contributed by atoms with E-state index in [0.29, 0.717) is 5.70 Å². The van der Waals surface area contributed by atoms with Crippen LogP contribution in [0.1, 0.15) is 29.9 Å². The minimum Gasteiger partial charge on any atom is -0.478 e. The maximum Gasteiger partial charge on any atom is 0.416 e. The minimum atomic E-state index is -4.57. The maximum absolute atomic E-state index is 13.0. The van der Waals surface area contributed by atoms with Crippen molar-refractivity contribution >= 4 is 24.3 Å². The van der Waals surface area contributed by atoms with Gasteiger partial charge in [-0.3, -0.25) is 4.90 Å². The highest BCUT2D eigenvalue weighted by Gasteiger charge is 2.42. The van der Waals surface area contributed by atoms with Gasteiger partial charge in [-0.15, -0.1) is 12.4 Å². The maximum atomic E-state index is 13.0. The molecule has 11 heteroatoms. The second-order valence-corrected chi connectivity index (χ2v) is 7.63. The number of likely N-dealkylation sites (N-methyl/N-ethyl adjacent to an activating group) is 1. The van der Waals surface area contributed by atoms with E-state index in [-0.39, 0.29) is 41.4 Å². The quantitative estimate of drug-likeness (QED) is 0.637. The summed E-state index contributed by atoms with van der Waals surface area (Å²) in [5, 5.41) is 19.9. The van der Waals surface area contributed by atoms with E-state index in [1.54, 1.807) is 0 Å². The summed E-state index contributed by atoms with van der Waals surface area (Å²) < 4.78 is 43.9. The second kappa shape index (κ2) is 10.3. The Bertz CT molecular complexity index is 1020. The van der Waals surface area contributed by atoms with E-state index in [9.17, 15) is 33.1 Å². The number of likely N-dealkylation sites (tertiary alicyclic amines) is 1. The van der Waals surface area contributed by atoms with Crippen LogP contribution in [0.2, 0.25) is 0 Å². The summed E-state index contributed by atoms with van der Waals surface area (Å²) in [6.45, 7) is 1.74. The van der Waals surface area contributed by atoms with Crippen LogP contribution < -0.4 is 0 Å². The van der Waals surface area contributed by atoms with Crippen molar-refractivity contribution in [2.24, 2.45) is 0 Å². The lowest BCUT2D eigenvalue weighted by Gasteiger charge is -2.36. The zero-order chi connectivity index (χ0) is 23.6. The molecule has 0 radical (unpaired) electrons. The Morgan fingerprint density at radius 2 is 1.76 bits per heavy atom. The van der Waals surface area contributed by atoms with E-state index >= 15 is 0 Å². The molecule has 178 valence electrons. The van der Waals surface area contributed by atoms with Crippen LogP contribution in [0.3, 0.4) is 0 Å². The fourth-order valence-electron chi connectivity index (χ4n) is 4.19. The van der Waals surface area contributed by atoms with Gasteiger partial charge in [0, 0.05) is 19.3 Å². The Balaban J connectivity index is 0.00000385. The largest absolute Gasteiger partial charge is 0.478 e. The third-order valence-corrected chi connectivity index (χ3v) is 5.77. The highest BCUT2D eigenvalue weighted by Crippen LogP contribution is 2.43. The first-order valence-corrected chi connectivity index (χ1v) is 9.92. The standard InChI is InChI=1S/C22H22F3N3O4.ClH/c1-27-15(11-26)19(21(31)32-2)17(13-5-7-14(8-6-13)22(23,24)25)18(20(29)30)16(27)12-28-9-3-4-10-28;/h5-8,17H,3-4,9-10,12H2,1-2H3,(H,29,30);1H. The number of nitriles is 1. The van der Waals surface area contributed by atoms with Gasteiger partial charge in [-0.05, 0) is 43.6 Å². The fraction of sp³-hybridized carbons (Fsp3) is 0.409. The van der Waals surface area contributed by atoms with Crippen LogP contribution in [0.5, 0.6) is 0 Å². The number of hydrogen-bond acceptors (Lipinski definition) is 6. The lowest BCUT2D eigenvalue weighted by molar-refractivity contribution is -0.138. The Hall–Kier alpha value is -3.03. The predicted octanol–water partition coefficient (Wildman–Crippen LogP) is 3.54. The number of methoxy groups -OCH3 is 1. The molecule has 2 heterocycles. The SMILES string of the molecule is COC(=O)C1=C(C#N)N(C)C(CN2CCCC2)=C(C(=O)O)C1c1ccc(C(F)(F)F)cc1.Cl. The third-order valence-electron chi connectivity index (χ3n) is 5.77. The molecule has 1 N–H and O–H groups in total. The number of ether oxygens (including phenoxy) is 1. The topological polar surface area (TPSA) is 93.9 Å². The van der Waals surface area contributed by atoms with E-state index < -0.39 is 29.6 Å². The van der Waals surface area contributed by atoms with Crippen LogP contribution in [-0.2, 0) is 20.5 Å². The Morgan fingerprint density at radius 3 is 2.21 bits per heavy atom. The average molecular weight is 486 g/mol. The van der Waals surface area contributed by atoms with Gasteiger partial charge in [-0.25, -0.2) is 9.59 Å². The molecular weight excluding hydrogens is 463 g/mol. The van der Waals surface area contributed by atoms with Crippen molar-refractivity contribution in [1.82, 2.24) is 9.80 Å². The first-order valence-electron chi connectivity index (χ1n) is 9.92. The monoisotopic (exact) mass is 485 g/mol. The number of alkyl halides is 3. The number of benzene rings is 1. The Kier molecular flexibility index (Phi) is 8.16. The zero-order valence-electron chi connectivity index (χ0n) is 18.0. The molecule has 0 bridgehead atoms. The van der Waals surface area contributed by atoms with E-state index in [0.717, 1.165) is 57.3 Å². The van der Waals surface area contributed by atoms with Crippen molar-refractivity contribution in [3.63, 3.8) is 0 Å². The number of carbonyl (C=O) groups is 2. The highest BCUT2D eigenvalue weighted by molar-refractivity contribution is 5.99. The third kappa shape index (κ3) is 5.15. The van der Waals surface area contributed by atoms with Crippen LogP contribution in [0.4, 0.5) is 13.2 Å². The molecule has 0 spiro atoms. The molecule has 0 amide bonds. The van der Waals surface area contributed by atoms with Crippen LogP contribution >= 0.6 is 12.4 Å². The van der Waals surface area contributed by atoms with Crippen LogP contribution in [0.15, 0.2) is 46.8 Å². The number of allylic oxidation sites excluding steroid dienone is 1. The molecule has 1 atom stereocenters. The van der Waals surface area contributed by atoms with Crippen molar-refractivity contribution in [2.75, 3.05) is 33.8 Å². The van der Waals surface area contributed by atoms with Crippen LogP contribution in [0, 0.1) is 11.3 Å². The normalized spacial score (nSPS) is 19.3. The average Bonchev–Trinajstić information content (AvgIpc) is 3.26. The molecule has 0 aliphatic carbocycles. The second-order valence-electron chi connectivity index (χ2n) is 7.63. The van der Waals surface area contributed by atoms with Gasteiger partial charge in [-0.1, -0.05) is 12.1 Å². The lowest BCUT2D eigenvalue weighted by Crippen LogP contribution is -2.38. The van der Waals surface area contributed by atoms with E-state index in [1.165, 1.54) is 11.9 Å². The number of hydrogen-bond donors (Lipinski definition) is 1. The van der Waals surface area contributed by atoms with E-state index in [4.69, 9.17) is 4.74 Å². The molecule has 1 unspecified atom stereocenters. The highest BCUT2D eigenvalue weighted by atomic mass is 35.5. The molecule has 0 aromatic heterocycles. The summed E-state index contributed by atoms with van der Waals surface area (Å²) in [6, 6.07) is 5.87.